The average Bonchev–Trinajstić information content (AvgIpc) is 3.22. The van der Waals surface area contributed by atoms with Gasteiger partial charge in [0, 0.05) is 36.7 Å². The van der Waals surface area contributed by atoms with E-state index in [-0.39, 0.29) is 17.8 Å². The molecule has 1 saturated carbocycles. The third-order valence-electron chi connectivity index (χ3n) is 3.91. The molecule has 1 aliphatic carbocycles. The molecule has 0 saturated heterocycles. The summed E-state index contributed by atoms with van der Waals surface area (Å²) >= 11 is 0. The fraction of sp³-hybridized carbons (Fsp3) is 0.400. The van der Waals surface area contributed by atoms with Crippen molar-refractivity contribution in [3.05, 3.63) is 41.8 Å². The van der Waals surface area contributed by atoms with Crippen LogP contribution in [0, 0.1) is 11.2 Å². The Morgan fingerprint density at radius 1 is 1.32 bits per heavy atom. The van der Waals surface area contributed by atoms with E-state index < -0.39 is 0 Å². The standard InChI is InChI=1S/C15H17FN2O/c16-13-4-3-11(14-12(13)2-1-7-18-14)8-17-9-15(10-19)5-6-15/h1-4,7,17,19H,5-6,8-10H2. The van der Waals surface area contributed by atoms with E-state index in [4.69, 9.17) is 0 Å². The molecule has 2 N–H and O–H groups in total. The van der Waals surface area contributed by atoms with Crippen molar-refractivity contribution in [3.63, 3.8) is 0 Å². The number of pyridine rings is 1. The van der Waals surface area contributed by atoms with Gasteiger partial charge in [0.15, 0.2) is 0 Å². The SMILES string of the molecule is OCC1(CNCc2ccc(F)c3cccnc23)CC1. The molecule has 0 bridgehead atoms. The second kappa shape index (κ2) is 4.87. The van der Waals surface area contributed by atoms with Crippen molar-refractivity contribution in [2.75, 3.05) is 13.2 Å². The second-order valence-electron chi connectivity index (χ2n) is 5.37. The van der Waals surface area contributed by atoms with Gasteiger partial charge in [-0.25, -0.2) is 4.39 Å². The summed E-state index contributed by atoms with van der Waals surface area (Å²) in [6, 6.07) is 6.75. The zero-order valence-electron chi connectivity index (χ0n) is 10.7. The van der Waals surface area contributed by atoms with Gasteiger partial charge in [-0.2, -0.15) is 0 Å². The van der Waals surface area contributed by atoms with Crippen LogP contribution >= 0.6 is 0 Å². The van der Waals surface area contributed by atoms with Crippen molar-refractivity contribution in [1.29, 1.82) is 0 Å². The first-order chi connectivity index (χ1) is 9.24. The van der Waals surface area contributed by atoms with Gasteiger partial charge < -0.3 is 10.4 Å². The van der Waals surface area contributed by atoms with Crippen molar-refractivity contribution in [2.45, 2.75) is 19.4 Å². The van der Waals surface area contributed by atoms with E-state index in [1.165, 1.54) is 6.07 Å². The van der Waals surface area contributed by atoms with E-state index in [9.17, 15) is 9.50 Å². The molecule has 3 nitrogen and oxygen atoms in total. The lowest BCUT2D eigenvalue weighted by Gasteiger charge is -2.13. The monoisotopic (exact) mass is 260 g/mol. The quantitative estimate of drug-likeness (QED) is 0.866. The van der Waals surface area contributed by atoms with Crippen LogP contribution in [0.25, 0.3) is 10.9 Å². The summed E-state index contributed by atoms with van der Waals surface area (Å²) in [6.07, 6.45) is 3.85. The summed E-state index contributed by atoms with van der Waals surface area (Å²) in [5, 5.41) is 13.2. The smallest absolute Gasteiger partial charge is 0.132 e. The molecule has 0 unspecified atom stereocenters. The Balaban J connectivity index is 1.76. The predicted octanol–water partition coefficient (Wildman–Crippen LogP) is 2.24. The number of hydrogen-bond donors (Lipinski definition) is 2. The average molecular weight is 260 g/mol. The van der Waals surface area contributed by atoms with Crippen LogP contribution in [0.2, 0.25) is 0 Å². The molecule has 19 heavy (non-hydrogen) atoms. The van der Waals surface area contributed by atoms with E-state index in [1.54, 1.807) is 24.4 Å². The second-order valence-corrected chi connectivity index (χ2v) is 5.37. The van der Waals surface area contributed by atoms with Crippen molar-refractivity contribution >= 4 is 10.9 Å². The highest BCUT2D eigenvalue weighted by atomic mass is 19.1. The van der Waals surface area contributed by atoms with Gasteiger partial charge in [-0.3, -0.25) is 4.98 Å². The number of hydrogen-bond acceptors (Lipinski definition) is 3. The van der Waals surface area contributed by atoms with E-state index >= 15 is 0 Å². The number of aliphatic hydroxyl groups is 1. The molecular weight excluding hydrogens is 243 g/mol. The van der Waals surface area contributed by atoms with Crippen LogP contribution in [0.4, 0.5) is 4.39 Å². The zero-order valence-corrected chi connectivity index (χ0v) is 10.7. The molecule has 0 spiro atoms. The van der Waals surface area contributed by atoms with Crippen molar-refractivity contribution in [2.24, 2.45) is 5.41 Å². The Morgan fingerprint density at radius 2 is 2.16 bits per heavy atom. The van der Waals surface area contributed by atoms with E-state index in [0.717, 1.165) is 24.9 Å². The van der Waals surface area contributed by atoms with Crippen LogP contribution in [-0.4, -0.2) is 23.2 Å². The number of benzene rings is 1. The van der Waals surface area contributed by atoms with Gasteiger partial charge >= 0.3 is 0 Å². The third kappa shape index (κ3) is 2.46. The molecule has 2 aromatic rings. The lowest BCUT2D eigenvalue weighted by molar-refractivity contribution is 0.207. The number of aromatic nitrogens is 1. The number of nitrogens with one attached hydrogen (secondary N) is 1. The van der Waals surface area contributed by atoms with Crippen molar-refractivity contribution in [3.8, 4) is 0 Å². The Bertz CT molecular complexity index is 596. The van der Waals surface area contributed by atoms with Gasteiger partial charge in [-0.1, -0.05) is 6.07 Å². The van der Waals surface area contributed by atoms with Crippen LogP contribution in [0.3, 0.4) is 0 Å². The van der Waals surface area contributed by atoms with Gasteiger partial charge in [0.05, 0.1) is 5.52 Å². The van der Waals surface area contributed by atoms with E-state index in [1.807, 2.05) is 0 Å². The molecule has 0 aliphatic heterocycles. The first-order valence-electron chi connectivity index (χ1n) is 6.58. The molecule has 1 fully saturated rings. The van der Waals surface area contributed by atoms with Gasteiger partial charge in [0.1, 0.15) is 5.82 Å². The zero-order chi connectivity index (χ0) is 13.3. The minimum absolute atomic E-state index is 0.0866. The van der Waals surface area contributed by atoms with E-state index in [0.29, 0.717) is 17.4 Å². The van der Waals surface area contributed by atoms with E-state index in [2.05, 4.69) is 10.3 Å². The first-order valence-corrected chi connectivity index (χ1v) is 6.58. The van der Waals surface area contributed by atoms with Crippen molar-refractivity contribution < 1.29 is 9.50 Å². The maximum Gasteiger partial charge on any atom is 0.132 e. The predicted molar refractivity (Wildman–Crippen MR) is 72.2 cm³/mol. The third-order valence-corrected chi connectivity index (χ3v) is 3.91. The molecule has 1 aromatic heterocycles. The molecule has 0 radical (unpaired) electrons. The summed E-state index contributed by atoms with van der Waals surface area (Å²) in [7, 11) is 0. The lowest BCUT2D eigenvalue weighted by Crippen LogP contribution is -2.26. The molecule has 1 aromatic carbocycles. The molecule has 0 atom stereocenters. The largest absolute Gasteiger partial charge is 0.396 e. The number of aliphatic hydroxyl groups excluding tert-OH is 1. The normalized spacial score (nSPS) is 16.7. The van der Waals surface area contributed by atoms with Crippen LogP contribution < -0.4 is 5.32 Å². The Hall–Kier alpha value is -1.52. The highest BCUT2D eigenvalue weighted by Crippen LogP contribution is 2.44. The minimum Gasteiger partial charge on any atom is -0.396 e. The number of fused-ring (bicyclic) bond motifs is 1. The summed E-state index contributed by atoms with van der Waals surface area (Å²) in [4.78, 5) is 4.26. The number of halogens is 1. The first kappa shape index (κ1) is 12.5. The number of rotatable bonds is 5. The van der Waals surface area contributed by atoms with Crippen LogP contribution in [0.15, 0.2) is 30.5 Å². The summed E-state index contributed by atoms with van der Waals surface area (Å²) in [5.41, 5.74) is 1.79. The highest BCUT2D eigenvalue weighted by molar-refractivity contribution is 5.82. The fourth-order valence-corrected chi connectivity index (χ4v) is 2.37. The summed E-state index contributed by atoms with van der Waals surface area (Å²) in [6.45, 7) is 1.69. The summed E-state index contributed by atoms with van der Waals surface area (Å²) < 4.78 is 13.6. The highest BCUT2D eigenvalue weighted by Gasteiger charge is 2.41. The molecule has 1 heterocycles. The molecule has 1 aliphatic rings. The molecule has 4 heteroatoms. The van der Waals surface area contributed by atoms with Crippen molar-refractivity contribution in [1.82, 2.24) is 10.3 Å². The van der Waals surface area contributed by atoms with Crippen LogP contribution in [0.5, 0.6) is 0 Å². The van der Waals surface area contributed by atoms with Gasteiger partial charge in [0.25, 0.3) is 0 Å². The van der Waals surface area contributed by atoms with Gasteiger partial charge in [0.2, 0.25) is 0 Å². The topological polar surface area (TPSA) is 45.1 Å². The van der Waals surface area contributed by atoms with Gasteiger partial charge in [-0.15, -0.1) is 0 Å². The van der Waals surface area contributed by atoms with Crippen LogP contribution in [0.1, 0.15) is 18.4 Å². The van der Waals surface area contributed by atoms with Crippen LogP contribution in [-0.2, 0) is 6.54 Å². The maximum absolute atomic E-state index is 13.6. The lowest BCUT2D eigenvalue weighted by atomic mass is 10.1. The number of nitrogens with zero attached hydrogens (tertiary/aromatic N) is 1. The molecule has 3 rings (SSSR count). The summed E-state index contributed by atoms with van der Waals surface area (Å²) in [5.74, 6) is -0.235. The maximum atomic E-state index is 13.6. The minimum atomic E-state index is -0.235. The Labute approximate surface area is 111 Å². The Morgan fingerprint density at radius 3 is 2.89 bits per heavy atom. The molecule has 0 amide bonds. The Kier molecular flexibility index (Phi) is 3.21. The van der Waals surface area contributed by atoms with Gasteiger partial charge in [-0.05, 0) is 36.6 Å². The fourth-order valence-electron chi connectivity index (χ4n) is 2.37. The molecular formula is C15H17FN2O. The molecule has 100 valence electrons.